The number of amides is 3. The van der Waals surface area contributed by atoms with Gasteiger partial charge in [-0.1, -0.05) is 44.2 Å². The molecule has 3 N–H and O–H groups in total. The van der Waals surface area contributed by atoms with Crippen molar-refractivity contribution in [3.8, 4) is 5.75 Å². The summed E-state index contributed by atoms with van der Waals surface area (Å²) in [5, 5.41) is 8.52. The molecule has 7 nitrogen and oxygen atoms in total. The number of benzene rings is 2. The lowest BCUT2D eigenvalue weighted by molar-refractivity contribution is -0.124. The average molecular weight is 413 g/mol. The molecule has 2 atom stereocenters. The summed E-state index contributed by atoms with van der Waals surface area (Å²) in [5.74, 6) is 0.507. The molecule has 0 aliphatic heterocycles. The number of carbonyl (C=O) groups excluding carboxylic acids is 2. The van der Waals surface area contributed by atoms with Crippen LogP contribution >= 0.6 is 0 Å². The van der Waals surface area contributed by atoms with Gasteiger partial charge in [-0.05, 0) is 49.8 Å². The Balaban J connectivity index is 1.99. The molecule has 2 rings (SSSR count). The smallest absolute Gasteiger partial charge is 0.319 e. The maximum Gasteiger partial charge on any atom is 0.319 e. The fourth-order valence-corrected chi connectivity index (χ4v) is 3.10. The van der Waals surface area contributed by atoms with Gasteiger partial charge in [0.25, 0.3) is 0 Å². The lowest BCUT2D eigenvalue weighted by Gasteiger charge is -2.27. The molecular weight excluding hydrogens is 380 g/mol. The van der Waals surface area contributed by atoms with E-state index in [0.717, 1.165) is 11.3 Å². The zero-order valence-electron chi connectivity index (χ0n) is 18.3. The molecule has 2 unspecified atom stereocenters. The van der Waals surface area contributed by atoms with Gasteiger partial charge in [0.05, 0.1) is 13.2 Å². The molecule has 0 aromatic heterocycles. The van der Waals surface area contributed by atoms with Crippen molar-refractivity contribution in [3.05, 3.63) is 60.2 Å². The van der Waals surface area contributed by atoms with E-state index in [1.54, 1.807) is 19.2 Å². The standard InChI is InChI=1S/C23H32N4O3/c1-16(2)21(26-23(29)25-18-9-7-6-8-10-18)22(28)24-15-20(27(3)4)17-11-13-19(30-5)14-12-17/h6-14,16,20-21H,15H2,1-5H3,(H,24,28)(H2,25,26,29). The lowest BCUT2D eigenvalue weighted by Crippen LogP contribution is -2.52. The summed E-state index contributed by atoms with van der Waals surface area (Å²) in [4.78, 5) is 27.2. The van der Waals surface area contributed by atoms with E-state index >= 15 is 0 Å². The first-order valence-corrected chi connectivity index (χ1v) is 10.0. The monoisotopic (exact) mass is 412 g/mol. The number of methoxy groups -OCH3 is 1. The van der Waals surface area contributed by atoms with Crippen LogP contribution in [-0.4, -0.2) is 50.6 Å². The quantitative estimate of drug-likeness (QED) is 0.590. The number of para-hydroxylation sites is 1. The van der Waals surface area contributed by atoms with Gasteiger partial charge < -0.3 is 25.6 Å². The highest BCUT2D eigenvalue weighted by Gasteiger charge is 2.25. The Morgan fingerprint density at radius 1 is 1.00 bits per heavy atom. The van der Waals surface area contributed by atoms with Crippen LogP contribution in [0.1, 0.15) is 25.5 Å². The SMILES string of the molecule is COc1ccc(C(CNC(=O)C(NC(=O)Nc2ccccc2)C(C)C)N(C)C)cc1. The first kappa shape index (κ1) is 23.2. The molecule has 0 spiro atoms. The number of likely N-dealkylation sites (N-methyl/N-ethyl adjacent to an activating group) is 1. The summed E-state index contributed by atoms with van der Waals surface area (Å²) in [6.07, 6.45) is 0. The zero-order valence-corrected chi connectivity index (χ0v) is 18.3. The lowest BCUT2D eigenvalue weighted by atomic mass is 10.0. The van der Waals surface area contributed by atoms with E-state index in [1.165, 1.54) is 0 Å². The Morgan fingerprint density at radius 3 is 2.17 bits per heavy atom. The zero-order chi connectivity index (χ0) is 22.1. The van der Waals surface area contributed by atoms with E-state index in [1.807, 2.05) is 75.3 Å². The number of hydrogen-bond acceptors (Lipinski definition) is 4. The van der Waals surface area contributed by atoms with Gasteiger partial charge >= 0.3 is 6.03 Å². The van der Waals surface area contributed by atoms with Crippen molar-refractivity contribution in [2.24, 2.45) is 5.92 Å². The van der Waals surface area contributed by atoms with Crippen LogP contribution < -0.4 is 20.7 Å². The Kier molecular flexibility index (Phi) is 8.68. The van der Waals surface area contributed by atoms with E-state index in [-0.39, 0.29) is 17.9 Å². The Labute approximate surface area is 178 Å². The summed E-state index contributed by atoms with van der Waals surface area (Å²) >= 11 is 0. The molecule has 2 aromatic carbocycles. The molecule has 0 saturated heterocycles. The third-order valence-electron chi connectivity index (χ3n) is 4.86. The largest absolute Gasteiger partial charge is 0.497 e. The molecule has 7 heteroatoms. The first-order chi connectivity index (χ1) is 14.3. The van der Waals surface area contributed by atoms with E-state index in [2.05, 4.69) is 16.0 Å². The molecular formula is C23H32N4O3. The molecule has 0 aliphatic rings. The van der Waals surface area contributed by atoms with Crippen LogP contribution in [0, 0.1) is 5.92 Å². The molecule has 2 aromatic rings. The van der Waals surface area contributed by atoms with Crippen LogP contribution in [0.2, 0.25) is 0 Å². The van der Waals surface area contributed by atoms with E-state index in [9.17, 15) is 9.59 Å². The van der Waals surface area contributed by atoms with Gasteiger partial charge in [-0.15, -0.1) is 0 Å². The minimum atomic E-state index is -0.646. The van der Waals surface area contributed by atoms with Gasteiger partial charge in [0, 0.05) is 12.2 Å². The molecule has 3 amide bonds. The summed E-state index contributed by atoms with van der Waals surface area (Å²) < 4.78 is 5.22. The van der Waals surface area contributed by atoms with Crippen LogP contribution in [-0.2, 0) is 4.79 Å². The predicted octanol–water partition coefficient (Wildman–Crippen LogP) is 3.26. The van der Waals surface area contributed by atoms with Crippen molar-refractivity contribution in [1.82, 2.24) is 15.5 Å². The second-order valence-electron chi connectivity index (χ2n) is 7.68. The van der Waals surface area contributed by atoms with Crippen LogP contribution in [0.5, 0.6) is 5.75 Å². The fourth-order valence-electron chi connectivity index (χ4n) is 3.10. The first-order valence-electron chi connectivity index (χ1n) is 10.0. The number of hydrogen-bond donors (Lipinski definition) is 3. The maximum absolute atomic E-state index is 12.8. The minimum absolute atomic E-state index is 0.00851. The summed E-state index contributed by atoms with van der Waals surface area (Å²) in [5.41, 5.74) is 1.74. The Bertz CT molecular complexity index is 807. The van der Waals surface area contributed by atoms with Crippen molar-refractivity contribution in [2.75, 3.05) is 33.1 Å². The van der Waals surface area contributed by atoms with Crippen molar-refractivity contribution < 1.29 is 14.3 Å². The van der Waals surface area contributed by atoms with E-state index in [0.29, 0.717) is 12.2 Å². The highest BCUT2D eigenvalue weighted by Crippen LogP contribution is 2.21. The molecule has 0 heterocycles. The highest BCUT2D eigenvalue weighted by molar-refractivity contribution is 5.93. The Hall–Kier alpha value is -3.06. The number of anilines is 1. The number of carbonyl (C=O) groups is 2. The van der Waals surface area contributed by atoms with Crippen molar-refractivity contribution in [1.29, 1.82) is 0 Å². The molecule has 0 bridgehead atoms. The fraction of sp³-hybridized carbons (Fsp3) is 0.391. The average Bonchev–Trinajstić information content (AvgIpc) is 2.72. The molecule has 0 radical (unpaired) electrons. The molecule has 0 saturated carbocycles. The third-order valence-corrected chi connectivity index (χ3v) is 4.86. The second kappa shape index (κ2) is 11.2. The van der Waals surface area contributed by atoms with Gasteiger partial charge in [0.2, 0.25) is 5.91 Å². The van der Waals surface area contributed by atoms with Crippen LogP contribution in [0.3, 0.4) is 0 Å². The van der Waals surface area contributed by atoms with Gasteiger partial charge in [0.1, 0.15) is 11.8 Å². The normalized spacial score (nSPS) is 12.9. The second-order valence-corrected chi connectivity index (χ2v) is 7.68. The highest BCUT2D eigenvalue weighted by atomic mass is 16.5. The van der Waals surface area contributed by atoms with Crippen LogP contribution in [0.25, 0.3) is 0 Å². The summed E-state index contributed by atoms with van der Waals surface area (Å²) in [6, 6.07) is 15.8. The summed E-state index contributed by atoms with van der Waals surface area (Å²) in [6.45, 7) is 4.23. The number of ether oxygens (including phenoxy) is 1. The number of rotatable bonds is 9. The molecule has 0 aliphatic carbocycles. The van der Waals surface area contributed by atoms with Crippen LogP contribution in [0.4, 0.5) is 10.5 Å². The number of nitrogens with zero attached hydrogens (tertiary/aromatic N) is 1. The number of urea groups is 1. The molecule has 162 valence electrons. The molecule has 0 fully saturated rings. The minimum Gasteiger partial charge on any atom is -0.497 e. The van der Waals surface area contributed by atoms with Gasteiger partial charge in [-0.25, -0.2) is 4.79 Å². The van der Waals surface area contributed by atoms with Crippen molar-refractivity contribution in [2.45, 2.75) is 25.9 Å². The van der Waals surface area contributed by atoms with E-state index < -0.39 is 12.1 Å². The van der Waals surface area contributed by atoms with Gasteiger partial charge in [-0.3, -0.25) is 4.79 Å². The predicted molar refractivity (Wildman–Crippen MR) is 120 cm³/mol. The maximum atomic E-state index is 12.8. The van der Waals surface area contributed by atoms with Crippen molar-refractivity contribution in [3.63, 3.8) is 0 Å². The third kappa shape index (κ3) is 6.77. The Morgan fingerprint density at radius 2 is 1.63 bits per heavy atom. The molecule has 30 heavy (non-hydrogen) atoms. The number of nitrogens with one attached hydrogen (secondary N) is 3. The van der Waals surface area contributed by atoms with Gasteiger partial charge in [-0.2, -0.15) is 0 Å². The summed E-state index contributed by atoms with van der Waals surface area (Å²) in [7, 11) is 5.56. The van der Waals surface area contributed by atoms with E-state index in [4.69, 9.17) is 4.74 Å². The van der Waals surface area contributed by atoms with Crippen LogP contribution in [0.15, 0.2) is 54.6 Å². The van der Waals surface area contributed by atoms with Gasteiger partial charge in [0.15, 0.2) is 0 Å². The van der Waals surface area contributed by atoms with Crippen molar-refractivity contribution >= 4 is 17.6 Å². The topological polar surface area (TPSA) is 82.7 Å².